The molecule has 0 unspecified atom stereocenters. The van der Waals surface area contributed by atoms with Crippen molar-refractivity contribution in [2.24, 2.45) is 17.6 Å². The molecule has 5 N–H and O–H groups in total. The standard InChI is InChI=1S/C33H45F3N6O4.C28H37F3N6O2.H2S/c1-22-7-8-25(37-30(43)42-11-9-23(20-42)19-33(34,35)36)18-27(22)24-16-28(40-12-14-45-15-13-40)39-29(17-24)41-10-5-6-26(21-41)38-31(44)46-32(2,3)4;1-19-4-5-23(33-27(38)37-8-6-20(17-37)16-28(29,30)31)15-24(19)21-13-25(35-9-11-39-12-10-35)34-26(14-21)36-7-2-3-22(32)18-36;/h7-8,16-18,23,26H,5-6,9-15,19-21H2,1-4H3,(H,37,43)(H,38,44);4-5,13-15,20,22H,2-3,6-12,16-18,32H2,1H3,(H,33,38);1H2/t23-,26-;20-,22-;/m00./s1. The highest BCUT2D eigenvalue weighted by Gasteiger charge is 2.38. The first-order valence-electron chi connectivity index (χ1n) is 29.8. The number of aromatic nitrogens is 2. The molecule has 10 rings (SSSR count). The Morgan fingerprint density at radius 2 is 0.988 bits per heavy atom. The van der Waals surface area contributed by atoms with E-state index in [1.807, 2.05) is 83.1 Å². The molecule has 0 bridgehead atoms. The number of anilines is 6. The average Bonchev–Trinajstić information content (AvgIpc) is 2.81. The van der Waals surface area contributed by atoms with Gasteiger partial charge in [0, 0.05) is 115 Å². The van der Waals surface area contributed by atoms with Gasteiger partial charge in [0.15, 0.2) is 0 Å². The fraction of sp³-hybridized carbons (Fsp3) is 0.590. The van der Waals surface area contributed by atoms with Gasteiger partial charge < -0.3 is 65.3 Å². The van der Waals surface area contributed by atoms with Crippen LogP contribution in [0.2, 0.25) is 0 Å². The van der Waals surface area contributed by atoms with Gasteiger partial charge in [0.1, 0.15) is 28.9 Å². The van der Waals surface area contributed by atoms with Crippen LogP contribution in [0.1, 0.15) is 83.3 Å². The molecule has 6 fully saturated rings. The molecule has 0 spiro atoms. The van der Waals surface area contributed by atoms with Crippen molar-refractivity contribution >= 4 is 66.3 Å². The van der Waals surface area contributed by atoms with Crippen molar-refractivity contribution in [2.45, 2.75) is 116 Å². The number of amides is 5. The van der Waals surface area contributed by atoms with Crippen molar-refractivity contribution in [2.75, 3.05) is 135 Å². The number of benzene rings is 2. The van der Waals surface area contributed by atoms with E-state index in [1.54, 1.807) is 0 Å². The number of aryl methyl sites for hydroxylation is 2. The van der Waals surface area contributed by atoms with Gasteiger partial charge >= 0.3 is 30.5 Å². The minimum absolute atomic E-state index is 0. The minimum Gasteiger partial charge on any atom is -0.444 e. The van der Waals surface area contributed by atoms with E-state index in [0.29, 0.717) is 83.4 Å². The fourth-order valence-electron chi connectivity index (χ4n) is 12.0. The molecule has 0 saturated carbocycles. The molecule has 0 radical (unpaired) electrons. The van der Waals surface area contributed by atoms with Gasteiger partial charge in [-0.3, -0.25) is 0 Å². The lowest BCUT2D eigenvalue weighted by molar-refractivity contribution is -0.144. The summed E-state index contributed by atoms with van der Waals surface area (Å²) in [4.78, 5) is 60.3. The molecule has 6 aliphatic heterocycles. The summed E-state index contributed by atoms with van der Waals surface area (Å²) in [5.41, 5.74) is 12.7. The summed E-state index contributed by atoms with van der Waals surface area (Å²) in [7, 11) is 0. The van der Waals surface area contributed by atoms with Gasteiger partial charge in [-0.2, -0.15) is 39.8 Å². The maximum atomic E-state index is 13.0. The van der Waals surface area contributed by atoms with Gasteiger partial charge in [0.25, 0.3) is 0 Å². The van der Waals surface area contributed by atoms with E-state index in [-0.39, 0.29) is 44.7 Å². The number of nitrogens with two attached hydrogens (primary N) is 1. The normalized spacial score (nSPS) is 21.3. The average molecular weight is 1230 g/mol. The number of carbonyl (C=O) groups excluding carboxylic acids is 3. The molecule has 8 heterocycles. The molecule has 86 heavy (non-hydrogen) atoms. The molecule has 6 aliphatic rings. The van der Waals surface area contributed by atoms with Crippen molar-refractivity contribution in [1.29, 1.82) is 0 Å². The number of ether oxygens (including phenoxy) is 3. The molecule has 0 aliphatic carbocycles. The Hall–Kier alpha value is -6.44. The van der Waals surface area contributed by atoms with Gasteiger partial charge in [-0.15, -0.1) is 0 Å². The summed E-state index contributed by atoms with van der Waals surface area (Å²) in [6.45, 7) is 18.8. The number of nitrogens with zero attached hydrogens (tertiary/aromatic N) is 8. The number of rotatable bonds is 11. The zero-order valence-corrected chi connectivity index (χ0v) is 50.9. The van der Waals surface area contributed by atoms with Gasteiger partial charge in [-0.25, -0.2) is 24.4 Å². The quantitative estimate of drug-likeness (QED) is 0.104. The number of hydrogen-bond donors (Lipinski definition) is 4. The fourth-order valence-corrected chi connectivity index (χ4v) is 12.0. The summed E-state index contributed by atoms with van der Waals surface area (Å²) >= 11 is 0. The molecule has 25 heteroatoms. The number of halogens is 6. The number of pyridine rings is 2. The van der Waals surface area contributed by atoms with Gasteiger partial charge in [-0.1, -0.05) is 12.1 Å². The Bertz CT molecular complexity index is 2960. The summed E-state index contributed by atoms with van der Waals surface area (Å²) < 4.78 is 93.7. The first-order valence-corrected chi connectivity index (χ1v) is 29.8. The minimum atomic E-state index is -4.24. The van der Waals surface area contributed by atoms with Crippen molar-refractivity contribution in [3.8, 4) is 22.3 Å². The maximum absolute atomic E-state index is 13.0. The molecular formula is C61H84F6N12O6S. The third-order valence-electron chi connectivity index (χ3n) is 16.3. The van der Waals surface area contributed by atoms with Crippen LogP contribution in [0.4, 0.5) is 75.4 Å². The predicted molar refractivity (Wildman–Crippen MR) is 328 cm³/mol. The lowest BCUT2D eigenvalue weighted by atomic mass is 9.99. The SMILES string of the molecule is Cc1ccc(NC(=O)N2CC[C@@H](CC(F)(F)F)C2)cc1-c1cc(N2CCOCC2)nc(N2CCC[C@H](N)C2)c1.Cc1ccc(NC(=O)N2CC[C@@H](CC(F)(F)F)C2)cc1-c1cc(N2CCOCC2)nc(N2CCC[C@H](NC(=O)OC(C)(C)C)C2)c1.S. The van der Waals surface area contributed by atoms with E-state index in [9.17, 15) is 40.7 Å². The third-order valence-corrected chi connectivity index (χ3v) is 16.3. The number of alkyl carbamates (subject to hydrolysis) is 1. The number of morpholine rings is 2. The van der Waals surface area contributed by atoms with Crippen molar-refractivity contribution < 1.29 is 54.9 Å². The van der Waals surface area contributed by atoms with Crippen LogP contribution in [0.3, 0.4) is 0 Å². The van der Waals surface area contributed by atoms with Gasteiger partial charge in [0.05, 0.1) is 26.4 Å². The van der Waals surface area contributed by atoms with Crippen LogP contribution in [0.5, 0.6) is 0 Å². The Labute approximate surface area is 507 Å². The van der Waals surface area contributed by atoms with Gasteiger partial charge in [-0.05, 0) is 167 Å². The second-order valence-electron chi connectivity index (χ2n) is 24.4. The monoisotopic (exact) mass is 1230 g/mol. The number of likely N-dealkylation sites (tertiary alicyclic amines) is 2. The zero-order chi connectivity index (χ0) is 60.6. The number of alkyl halides is 6. The Morgan fingerprint density at radius 3 is 1.41 bits per heavy atom. The summed E-state index contributed by atoms with van der Waals surface area (Å²) in [5.74, 6) is 2.23. The second-order valence-corrected chi connectivity index (χ2v) is 24.4. The van der Waals surface area contributed by atoms with E-state index in [4.69, 9.17) is 29.9 Å². The van der Waals surface area contributed by atoms with Crippen LogP contribution < -0.4 is 41.3 Å². The molecule has 5 amide bonds. The molecule has 2 aromatic heterocycles. The van der Waals surface area contributed by atoms with Crippen LogP contribution in [-0.4, -0.2) is 173 Å². The predicted octanol–water partition coefficient (Wildman–Crippen LogP) is 10.9. The molecule has 6 saturated heterocycles. The van der Waals surface area contributed by atoms with Crippen LogP contribution >= 0.6 is 13.5 Å². The number of nitrogens with one attached hydrogen (secondary N) is 3. The van der Waals surface area contributed by atoms with Crippen molar-refractivity contribution in [3.63, 3.8) is 0 Å². The number of carbonyl (C=O) groups is 3. The van der Waals surface area contributed by atoms with E-state index >= 15 is 0 Å². The van der Waals surface area contributed by atoms with E-state index in [0.717, 1.165) is 115 Å². The van der Waals surface area contributed by atoms with Crippen LogP contribution in [0, 0.1) is 25.7 Å². The van der Waals surface area contributed by atoms with Gasteiger partial charge in [0.2, 0.25) is 0 Å². The summed E-state index contributed by atoms with van der Waals surface area (Å²) in [5, 5.41) is 8.82. The number of urea groups is 2. The largest absolute Gasteiger partial charge is 0.444 e. The van der Waals surface area contributed by atoms with Crippen molar-refractivity contribution in [3.05, 3.63) is 71.8 Å². The third kappa shape index (κ3) is 18.5. The second kappa shape index (κ2) is 28.6. The first kappa shape index (κ1) is 65.5. The molecule has 4 aromatic rings. The lowest BCUT2D eigenvalue weighted by Gasteiger charge is -2.35. The van der Waals surface area contributed by atoms with E-state index in [2.05, 4.69) is 47.7 Å². The summed E-state index contributed by atoms with van der Waals surface area (Å²) in [6.07, 6.45) is -6.21. The Morgan fingerprint density at radius 1 is 0.570 bits per heavy atom. The van der Waals surface area contributed by atoms with Crippen LogP contribution in [-0.2, 0) is 14.2 Å². The smallest absolute Gasteiger partial charge is 0.407 e. The molecule has 4 atom stereocenters. The molecule has 2 aromatic carbocycles. The zero-order valence-electron chi connectivity index (χ0n) is 49.9. The first-order chi connectivity index (χ1) is 40.4. The topological polar surface area (TPSA) is 186 Å². The number of hydrogen-bond acceptors (Lipinski definition) is 13. The Kier molecular flexibility index (Phi) is 21.8. The lowest BCUT2D eigenvalue weighted by Crippen LogP contribution is -2.49. The van der Waals surface area contributed by atoms with E-state index < -0.39 is 54.8 Å². The highest BCUT2D eigenvalue weighted by molar-refractivity contribution is 7.59. The maximum Gasteiger partial charge on any atom is 0.407 e. The number of piperidine rings is 2. The molecular weight excluding hydrogens is 1140 g/mol. The van der Waals surface area contributed by atoms with Crippen LogP contribution in [0.25, 0.3) is 22.3 Å². The summed E-state index contributed by atoms with van der Waals surface area (Å²) in [6, 6.07) is 18.8. The molecule has 472 valence electrons. The van der Waals surface area contributed by atoms with Crippen LogP contribution in [0.15, 0.2) is 60.7 Å². The van der Waals surface area contributed by atoms with Crippen molar-refractivity contribution in [1.82, 2.24) is 25.1 Å². The highest BCUT2D eigenvalue weighted by atomic mass is 32.1. The Balaban J connectivity index is 0.000000224. The highest BCUT2D eigenvalue weighted by Crippen LogP contribution is 2.37. The van der Waals surface area contributed by atoms with E-state index in [1.165, 1.54) is 9.80 Å². The molecule has 18 nitrogen and oxygen atoms in total.